The van der Waals surface area contributed by atoms with Crippen molar-refractivity contribution in [3.63, 3.8) is 0 Å². The highest BCUT2D eigenvalue weighted by Gasteiger charge is 2.17. The molecule has 0 fully saturated rings. The molecule has 0 aliphatic rings. The van der Waals surface area contributed by atoms with E-state index in [2.05, 4.69) is 52.0 Å². The molecule has 0 bridgehead atoms. The van der Waals surface area contributed by atoms with Crippen molar-refractivity contribution < 1.29 is 9.66 Å². The van der Waals surface area contributed by atoms with Crippen molar-refractivity contribution >= 4 is 5.69 Å². The van der Waals surface area contributed by atoms with Crippen LogP contribution in [0.1, 0.15) is 56.9 Å². The summed E-state index contributed by atoms with van der Waals surface area (Å²) >= 11 is 0. The van der Waals surface area contributed by atoms with E-state index < -0.39 is 0 Å². The number of hydrogen-bond acceptors (Lipinski definition) is 3. The molecule has 1 atom stereocenters. The second kappa shape index (κ2) is 8.84. The molecule has 4 nitrogen and oxygen atoms in total. The second-order valence-corrected chi connectivity index (χ2v) is 7.78. The largest absolute Gasteiger partial charge is 0.486 e. The van der Waals surface area contributed by atoms with Crippen LogP contribution in [-0.2, 0) is 6.42 Å². The molecular formula is C22H29NO3. The average molecular weight is 355 g/mol. The summed E-state index contributed by atoms with van der Waals surface area (Å²) in [6.45, 7) is 10.5. The Morgan fingerprint density at radius 1 is 1.00 bits per heavy atom. The SMILES string of the molecule is Cc1cc(OC(CC(C)C)c2ccc(CC(C)C)cc2)ccc1[N+](=O)[O-]. The number of ether oxygens (including phenoxy) is 1. The molecule has 4 heteroatoms. The fourth-order valence-electron chi connectivity index (χ4n) is 3.09. The van der Waals surface area contributed by atoms with Crippen LogP contribution in [0.5, 0.6) is 5.75 Å². The first-order valence-electron chi connectivity index (χ1n) is 9.26. The number of nitro benzene ring substituents is 1. The molecule has 0 spiro atoms. The molecule has 0 amide bonds. The van der Waals surface area contributed by atoms with Gasteiger partial charge < -0.3 is 4.74 Å². The zero-order valence-corrected chi connectivity index (χ0v) is 16.4. The Balaban J connectivity index is 2.22. The van der Waals surface area contributed by atoms with Gasteiger partial charge in [-0.25, -0.2) is 0 Å². The van der Waals surface area contributed by atoms with E-state index in [0.717, 1.165) is 18.4 Å². The van der Waals surface area contributed by atoms with Crippen LogP contribution in [0, 0.1) is 28.9 Å². The van der Waals surface area contributed by atoms with Gasteiger partial charge in [-0.15, -0.1) is 0 Å². The lowest BCUT2D eigenvalue weighted by Gasteiger charge is -2.22. The summed E-state index contributed by atoms with van der Waals surface area (Å²) in [7, 11) is 0. The standard InChI is InChI=1S/C22H29NO3/c1-15(2)12-18-6-8-19(9-7-18)22(13-16(3)4)26-20-10-11-21(23(24)25)17(5)14-20/h6-11,14-16,22H,12-13H2,1-5H3. The first-order chi connectivity index (χ1) is 12.3. The number of benzene rings is 2. The van der Waals surface area contributed by atoms with Gasteiger partial charge in [-0.3, -0.25) is 10.1 Å². The molecular weight excluding hydrogens is 326 g/mol. The summed E-state index contributed by atoms with van der Waals surface area (Å²) in [4.78, 5) is 10.6. The third-order valence-corrected chi connectivity index (χ3v) is 4.32. The summed E-state index contributed by atoms with van der Waals surface area (Å²) < 4.78 is 6.23. The van der Waals surface area contributed by atoms with Gasteiger partial charge in [0.15, 0.2) is 0 Å². The maximum absolute atomic E-state index is 11.0. The van der Waals surface area contributed by atoms with Crippen LogP contribution in [0.2, 0.25) is 0 Å². The van der Waals surface area contributed by atoms with Gasteiger partial charge in [0.25, 0.3) is 5.69 Å². The van der Waals surface area contributed by atoms with E-state index in [1.807, 2.05) is 0 Å². The average Bonchev–Trinajstić information content (AvgIpc) is 2.53. The van der Waals surface area contributed by atoms with E-state index in [1.54, 1.807) is 19.1 Å². The Morgan fingerprint density at radius 2 is 1.65 bits per heavy atom. The number of hydrogen-bond donors (Lipinski definition) is 0. The lowest BCUT2D eigenvalue weighted by molar-refractivity contribution is -0.385. The highest BCUT2D eigenvalue weighted by Crippen LogP contribution is 2.31. The fourth-order valence-corrected chi connectivity index (χ4v) is 3.09. The highest BCUT2D eigenvalue weighted by molar-refractivity contribution is 5.44. The summed E-state index contributed by atoms with van der Waals surface area (Å²) in [5, 5.41) is 11.0. The van der Waals surface area contributed by atoms with Gasteiger partial charge in [-0.2, -0.15) is 0 Å². The van der Waals surface area contributed by atoms with E-state index in [-0.39, 0.29) is 16.7 Å². The Labute approximate surface area is 156 Å². The molecule has 26 heavy (non-hydrogen) atoms. The van der Waals surface area contributed by atoms with Gasteiger partial charge in [-0.05, 0) is 54.9 Å². The predicted molar refractivity (Wildman–Crippen MR) is 106 cm³/mol. The third kappa shape index (κ3) is 5.58. The predicted octanol–water partition coefficient (Wildman–Crippen LogP) is 6.27. The summed E-state index contributed by atoms with van der Waals surface area (Å²) in [5.74, 6) is 1.78. The molecule has 2 aromatic rings. The molecule has 0 heterocycles. The minimum Gasteiger partial charge on any atom is -0.486 e. The van der Waals surface area contributed by atoms with Crippen molar-refractivity contribution in [2.45, 2.75) is 53.6 Å². The molecule has 140 valence electrons. The summed E-state index contributed by atoms with van der Waals surface area (Å²) in [6, 6.07) is 13.6. The van der Waals surface area contributed by atoms with Crippen molar-refractivity contribution in [3.05, 3.63) is 69.3 Å². The minimum atomic E-state index is -0.363. The first-order valence-corrected chi connectivity index (χ1v) is 9.26. The molecule has 0 aromatic heterocycles. The van der Waals surface area contributed by atoms with Crippen molar-refractivity contribution in [1.82, 2.24) is 0 Å². The molecule has 2 aromatic carbocycles. The van der Waals surface area contributed by atoms with Crippen molar-refractivity contribution in [2.75, 3.05) is 0 Å². The van der Waals surface area contributed by atoms with Crippen LogP contribution in [0.4, 0.5) is 5.69 Å². The zero-order chi connectivity index (χ0) is 19.3. The van der Waals surface area contributed by atoms with Crippen LogP contribution in [-0.4, -0.2) is 4.92 Å². The van der Waals surface area contributed by atoms with E-state index in [9.17, 15) is 10.1 Å². The second-order valence-electron chi connectivity index (χ2n) is 7.78. The van der Waals surface area contributed by atoms with Gasteiger partial charge >= 0.3 is 0 Å². The van der Waals surface area contributed by atoms with Gasteiger partial charge in [0.05, 0.1) is 4.92 Å². The Bertz CT molecular complexity index is 736. The fraction of sp³-hybridized carbons (Fsp3) is 0.455. The normalized spacial score (nSPS) is 12.4. The zero-order valence-electron chi connectivity index (χ0n) is 16.4. The van der Waals surface area contributed by atoms with E-state index in [0.29, 0.717) is 23.1 Å². The van der Waals surface area contributed by atoms with Gasteiger partial charge in [0.1, 0.15) is 11.9 Å². The summed E-state index contributed by atoms with van der Waals surface area (Å²) in [6.07, 6.45) is 1.89. The van der Waals surface area contributed by atoms with Crippen LogP contribution in [0.15, 0.2) is 42.5 Å². The Hall–Kier alpha value is -2.36. The third-order valence-electron chi connectivity index (χ3n) is 4.32. The first kappa shape index (κ1) is 20.0. The van der Waals surface area contributed by atoms with Crippen molar-refractivity contribution in [2.24, 2.45) is 11.8 Å². The highest BCUT2D eigenvalue weighted by atomic mass is 16.6. The molecule has 0 saturated carbocycles. The van der Waals surface area contributed by atoms with Crippen molar-refractivity contribution in [1.29, 1.82) is 0 Å². The lowest BCUT2D eigenvalue weighted by atomic mass is 9.96. The molecule has 2 rings (SSSR count). The number of aryl methyl sites for hydroxylation is 1. The topological polar surface area (TPSA) is 52.4 Å². The number of nitrogens with zero attached hydrogens (tertiary/aromatic N) is 1. The lowest BCUT2D eigenvalue weighted by Crippen LogP contribution is -2.11. The molecule has 0 radical (unpaired) electrons. The van der Waals surface area contributed by atoms with Crippen molar-refractivity contribution in [3.8, 4) is 5.75 Å². The Kier molecular flexibility index (Phi) is 6.78. The van der Waals surface area contributed by atoms with Crippen LogP contribution >= 0.6 is 0 Å². The molecule has 0 aliphatic heterocycles. The van der Waals surface area contributed by atoms with Crippen LogP contribution < -0.4 is 4.74 Å². The smallest absolute Gasteiger partial charge is 0.272 e. The maximum Gasteiger partial charge on any atom is 0.272 e. The van der Waals surface area contributed by atoms with E-state index in [4.69, 9.17) is 4.74 Å². The van der Waals surface area contributed by atoms with Gasteiger partial charge in [0.2, 0.25) is 0 Å². The molecule has 1 unspecified atom stereocenters. The van der Waals surface area contributed by atoms with Crippen LogP contribution in [0.3, 0.4) is 0 Å². The van der Waals surface area contributed by atoms with Gasteiger partial charge in [-0.1, -0.05) is 52.0 Å². The van der Waals surface area contributed by atoms with Gasteiger partial charge in [0, 0.05) is 11.6 Å². The Morgan fingerprint density at radius 3 is 2.15 bits per heavy atom. The summed E-state index contributed by atoms with van der Waals surface area (Å²) in [5.41, 5.74) is 3.21. The van der Waals surface area contributed by atoms with Crippen LogP contribution in [0.25, 0.3) is 0 Å². The quantitative estimate of drug-likeness (QED) is 0.414. The molecule has 0 saturated heterocycles. The molecule has 0 N–H and O–H groups in total. The minimum absolute atomic E-state index is 0.0658. The maximum atomic E-state index is 11.0. The molecule has 0 aliphatic carbocycles. The monoisotopic (exact) mass is 355 g/mol. The van der Waals surface area contributed by atoms with E-state index >= 15 is 0 Å². The van der Waals surface area contributed by atoms with E-state index in [1.165, 1.54) is 11.6 Å². The number of rotatable bonds is 8. The number of nitro groups is 1.